The normalized spacial score (nSPS) is 28.0. The summed E-state index contributed by atoms with van der Waals surface area (Å²) < 4.78 is 44.3. The molecule has 3 heterocycles. The molecule has 0 aromatic heterocycles. The van der Waals surface area contributed by atoms with Crippen LogP contribution >= 0.6 is 0 Å². The first-order valence-corrected chi connectivity index (χ1v) is 9.88. The summed E-state index contributed by atoms with van der Waals surface area (Å²) in [6.07, 6.45) is -0.654. The fourth-order valence-corrected chi connectivity index (χ4v) is 4.54. The second-order valence-corrected chi connectivity index (χ2v) is 8.34. The quantitative estimate of drug-likeness (QED) is 0.803. The van der Waals surface area contributed by atoms with Crippen LogP contribution in [0.25, 0.3) is 0 Å². The molecular weight excluding hydrogens is 371 g/mol. The summed E-state index contributed by atoms with van der Waals surface area (Å²) in [6, 6.07) is 5.42. The highest BCUT2D eigenvalue weighted by molar-refractivity contribution is 5.74. The summed E-state index contributed by atoms with van der Waals surface area (Å²) in [7, 11) is 0. The lowest BCUT2D eigenvalue weighted by molar-refractivity contribution is -0.137. The third-order valence-corrected chi connectivity index (χ3v) is 6.10. The van der Waals surface area contributed by atoms with Crippen LogP contribution in [0.15, 0.2) is 24.3 Å². The number of urea groups is 1. The number of fused-ring (bicyclic) bond motifs is 1. The number of carbonyl (C=O) groups is 1. The van der Waals surface area contributed by atoms with E-state index in [2.05, 4.69) is 15.5 Å². The molecule has 0 radical (unpaired) electrons. The van der Waals surface area contributed by atoms with E-state index in [1.165, 1.54) is 12.1 Å². The maximum Gasteiger partial charge on any atom is 0.416 e. The molecule has 4 fully saturated rings. The van der Waals surface area contributed by atoms with Crippen LogP contribution < -0.4 is 10.6 Å². The van der Waals surface area contributed by atoms with E-state index in [9.17, 15) is 18.0 Å². The number of amides is 2. The van der Waals surface area contributed by atoms with Gasteiger partial charge in [0.15, 0.2) is 0 Å². The Kier molecular flexibility index (Phi) is 5.26. The number of alkyl halides is 3. The van der Waals surface area contributed by atoms with E-state index in [4.69, 9.17) is 4.74 Å². The van der Waals surface area contributed by atoms with Crippen molar-refractivity contribution in [3.8, 4) is 0 Å². The smallest absolute Gasteiger partial charge is 0.373 e. The van der Waals surface area contributed by atoms with Gasteiger partial charge in [0.05, 0.1) is 17.8 Å². The Bertz CT molecular complexity index is 705. The van der Waals surface area contributed by atoms with Gasteiger partial charge >= 0.3 is 12.2 Å². The number of carbonyl (C=O) groups excluding carboxylic acids is 1. The molecule has 0 unspecified atom stereocenters. The van der Waals surface area contributed by atoms with Gasteiger partial charge in [-0.25, -0.2) is 4.79 Å². The van der Waals surface area contributed by atoms with Crippen molar-refractivity contribution in [2.45, 2.75) is 50.0 Å². The van der Waals surface area contributed by atoms with E-state index in [1.807, 2.05) is 0 Å². The van der Waals surface area contributed by atoms with E-state index < -0.39 is 11.7 Å². The lowest BCUT2D eigenvalue weighted by Crippen LogP contribution is -2.52. The van der Waals surface area contributed by atoms with Crippen molar-refractivity contribution in [1.29, 1.82) is 0 Å². The molecule has 3 aliphatic heterocycles. The Labute approximate surface area is 162 Å². The zero-order valence-electron chi connectivity index (χ0n) is 15.7. The minimum absolute atomic E-state index is 0.0916. The summed E-state index contributed by atoms with van der Waals surface area (Å²) in [6.45, 7) is 3.35. The van der Waals surface area contributed by atoms with E-state index in [1.54, 1.807) is 6.07 Å². The first kappa shape index (κ1) is 19.5. The van der Waals surface area contributed by atoms with Crippen LogP contribution in [0.3, 0.4) is 0 Å². The number of benzene rings is 1. The molecule has 5 nitrogen and oxygen atoms in total. The third-order valence-electron chi connectivity index (χ3n) is 6.10. The highest BCUT2D eigenvalue weighted by atomic mass is 19.4. The van der Waals surface area contributed by atoms with Crippen LogP contribution in [-0.4, -0.2) is 48.8 Å². The lowest BCUT2D eigenvalue weighted by Gasteiger charge is -2.36. The predicted molar refractivity (Wildman–Crippen MR) is 97.7 cm³/mol. The first-order valence-electron chi connectivity index (χ1n) is 9.88. The van der Waals surface area contributed by atoms with Gasteiger partial charge in [0.25, 0.3) is 0 Å². The summed E-state index contributed by atoms with van der Waals surface area (Å²) in [4.78, 5) is 14.3. The molecule has 154 valence electrons. The van der Waals surface area contributed by atoms with Crippen molar-refractivity contribution in [2.75, 3.05) is 26.2 Å². The molecule has 8 heteroatoms. The summed E-state index contributed by atoms with van der Waals surface area (Å²) in [5.74, 6) is 0.672. The van der Waals surface area contributed by atoms with Crippen LogP contribution in [0, 0.1) is 5.92 Å². The van der Waals surface area contributed by atoms with E-state index >= 15 is 0 Å². The molecule has 4 aliphatic rings. The van der Waals surface area contributed by atoms with E-state index in [0.717, 1.165) is 51.4 Å². The van der Waals surface area contributed by atoms with Gasteiger partial charge in [-0.3, -0.25) is 4.90 Å². The standard InChI is InChI=1S/C20H26F3N3O2/c21-20(22,23)16-3-1-2-14(8-16)11-26-6-4-17(5-7-26)25-18(27)24-13-19-9-15(10-19)12-28-19/h1-3,8,15,17H,4-7,9-13H2,(H2,24,25,27). The van der Waals surface area contributed by atoms with Crippen molar-refractivity contribution < 1.29 is 22.7 Å². The van der Waals surface area contributed by atoms with Gasteiger partial charge in [-0.05, 0) is 43.2 Å². The van der Waals surface area contributed by atoms with Crippen molar-refractivity contribution in [2.24, 2.45) is 5.92 Å². The second-order valence-electron chi connectivity index (χ2n) is 8.34. The number of likely N-dealkylation sites (tertiary alicyclic amines) is 1. The van der Waals surface area contributed by atoms with Crippen molar-refractivity contribution >= 4 is 6.03 Å². The van der Waals surface area contributed by atoms with Crippen LogP contribution in [0.5, 0.6) is 0 Å². The average molecular weight is 397 g/mol. The number of hydrogen-bond donors (Lipinski definition) is 2. The SMILES string of the molecule is O=C(NCC12CC(CO1)C2)NC1CCN(Cc2cccc(C(F)(F)F)c2)CC1. The van der Waals surface area contributed by atoms with Crippen LogP contribution in [0.1, 0.15) is 36.8 Å². The first-order chi connectivity index (χ1) is 13.3. The van der Waals surface area contributed by atoms with Gasteiger partial charge in [-0.1, -0.05) is 18.2 Å². The summed E-state index contributed by atoms with van der Waals surface area (Å²) in [5, 5.41) is 5.94. The fraction of sp³-hybridized carbons (Fsp3) is 0.650. The Hall–Kier alpha value is -1.80. The van der Waals surface area contributed by atoms with Crippen molar-refractivity contribution in [1.82, 2.24) is 15.5 Å². The topological polar surface area (TPSA) is 53.6 Å². The molecule has 1 aliphatic carbocycles. The number of hydrogen-bond acceptors (Lipinski definition) is 3. The van der Waals surface area contributed by atoms with Gasteiger partial charge in [-0.2, -0.15) is 13.2 Å². The molecular formula is C20H26F3N3O2. The molecule has 28 heavy (non-hydrogen) atoms. The number of piperidine rings is 1. The van der Waals surface area contributed by atoms with E-state index in [0.29, 0.717) is 24.6 Å². The van der Waals surface area contributed by atoms with Gasteiger partial charge in [-0.15, -0.1) is 0 Å². The van der Waals surface area contributed by atoms with E-state index in [-0.39, 0.29) is 17.7 Å². The van der Waals surface area contributed by atoms with Gasteiger partial charge < -0.3 is 15.4 Å². The second kappa shape index (κ2) is 7.55. The Morgan fingerprint density at radius 2 is 2.00 bits per heavy atom. The number of nitrogens with one attached hydrogen (secondary N) is 2. The number of ether oxygens (including phenoxy) is 1. The number of nitrogens with zero attached hydrogens (tertiary/aromatic N) is 1. The molecule has 0 spiro atoms. The zero-order valence-corrected chi connectivity index (χ0v) is 15.7. The summed E-state index contributed by atoms with van der Waals surface area (Å²) in [5.41, 5.74) is -0.0774. The van der Waals surface area contributed by atoms with Gasteiger partial charge in [0.2, 0.25) is 0 Å². The third kappa shape index (κ3) is 4.43. The molecule has 1 aromatic carbocycles. The molecule has 2 N–H and O–H groups in total. The van der Waals surface area contributed by atoms with Crippen LogP contribution in [0.4, 0.5) is 18.0 Å². The molecule has 0 atom stereocenters. The predicted octanol–water partition coefficient (Wildman–Crippen LogP) is 3.15. The number of halogens is 3. The minimum Gasteiger partial charge on any atom is -0.373 e. The zero-order chi connectivity index (χ0) is 19.8. The van der Waals surface area contributed by atoms with Crippen molar-refractivity contribution in [3.63, 3.8) is 0 Å². The van der Waals surface area contributed by atoms with Gasteiger partial charge in [0, 0.05) is 32.2 Å². The van der Waals surface area contributed by atoms with Gasteiger partial charge in [0.1, 0.15) is 0 Å². The monoisotopic (exact) mass is 397 g/mol. The lowest BCUT2D eigenvalue weighted by atomic mass is 9.74. The largest absolute Gasteiger partial charge is 0.416 e. The highest BCUT2D eigenvalue weighted by Crippen LogP contribution is 2.47. The molecule has 2 bridgehead atoms. The highest BCUT2D eigenvalue weighted by Gasteiger charge is 2.51. The molecule has 3 saturated heterocycles. The Balaban J connectivity index is 1.19. The Morgan fingerprint density at radius 1 is 1.25 bits per heavy atom. The fourth-order valence-electron chi connectivity index (χ4n) is 4.54. The summed E-state index contributed by atoms with van der Waals surface area (Å²) >= 11 is 0. The molecule has 5 rings (SSSR count). The van der Waals surface area contributed by atoms with Crippen LogP contribution in [0.2, 0.25) is 0 Å². The molecule has 1 saturated carbocycles. The van der Waals surface area contributed by atoms with Crippen LogP contribution in [-0.2, 0) is 17.5 Å². The number of rotatable bonds is 5. The average Bonchev–Trinajstić information content (AvgIpc) is 3.22. The minimum atomic E-state index is -4.32. The van der Waals surface area contributed by atoms with Crippen molar-refractivity contribution in [3.05, 3.63) is 35.4 Å². The maximum atomic E-state index is 12.8. The molecule has 1 aromatic rings. The maximum absolute atomic E-state index is 12.8. The Morgan fingerprint density at radius 3 is 2.64 bits per heavy atom. The molecule has 2 amide bonds.